The summed E-state index contributed by atoms with van der Waals surface area (Å²) in [6, 6.07) is 3.18. The van der Waals surface area contributed by atoms with Gasteiger partial charge >= 0.3 is 0 Å². The Balaban J connectivity index is 1.93. The molecule has 1 fully saturated rings. The quantitative estimate of drug-likeness (QED) is 0.868. The summed E-state index contributed by atoms with van der Waals surface area (Å²) in [4.78, 5) is 14.0. The largest absolute Gasteiger partial charge is 0.398 e. The fourth-order valence-corrected chi connectivity index (χ4v) is 3.15. The Hall–Kier alpha value is -0.940. The van der Waals surface area contributed by atoms with Crippen LogP contribution in [0.25, 0.3) is 0 Å². The lowest BCUT2D eigenvalue weighted by atomic mass is 10.3. The maximum absolute atomic E-state index is 11.6. The maximum Gasteiger partial charge on any atom is 0.250 e. The molecule has 1 aliphatic heterocycles. The molecule has 4 nitrogen and oxygen atoms in total. The monoisotopic (exact) mass is 253 g/mol. The van der Waals surface area contributed by atoms with Crippen molar-refractivity contribution in [3.63, 3.8) is 0 Å². The fourth-order valence-electron chi connectivity index (χ4n) is 2.07. The highest BCUT2D eigenvalue weighted by atomic mass is 32.2. The Morgan fingerprint density at radius 2 is 2.29 bits per heavy atom. The van der Waals surface area contributed by atoms with Crippen LogP contribution in [0.15, 0.2) is 23.1 Å². The zero-order valence-electron chi connectivity index (χ0n) is 10.1. The zero-order valence-corrected chi connectivity index (χ0v) is 10.9. The molecule has 17 heavy (non-hydrogen) atoms. The minimum Gasteiger partial charge on any atom is -0.398 e. The molecular weight excluding hydrogens is 234 g/mol. The van der Waals surface area contributed by atoms with Crippen molar-refractivity contribution in [1.29, 1.82) is 0 Å². The molecule has 94 valence electrons. The van der Waals surface area contributed by atoms with Crippen LogP contribution in [-0.4, -0.2) is 40.1 Å². The molecule has 0 bridgehead atoms. The van der Waals surface area contributed by atoms with Gasteiger partial charge in [0, 0.05) is 55.1 Å². The van der Waals surface area contributed by atoms with Gasteiger partial charge in [-0.1, -0.05) is 6.92 Å². The molecule has 1 saturated heterocycles. The second kappa shape index (κ2) is 5.60. The van der Waals surface area contributed by atoms with Gasteiger partial charge in [-0.2, -0.15) is 11.8 Å². The van der Waals surface area contributed by atoms with Crippen LogP contribution in [0.5, 0.6) is 0 Å². The minimum atomic E-state index is 0.0265. The highest BCUT2D eigenvalue weighted by Crippen LogP contribution is 2.17. The maximum atomic E-state index is 11.6. The van der Waals surface area contributed by atoms with E-state index in [1.807, 2.05) is 11.8 Å². The molecular formula is C12H19N3OS. The molecule has 1 aromatic rings. The van der Waals surface area contributed by atoms with Crippen molar-refractivity contribution < 1.29 is 0 Å². The molecule has 1 atom stereocenters. The first-order chi connectivity index (χ1) is 8.15. The van der Waals surface area contributed by atoms with Crippen molar-refractivity contribution in [2.45, 2.75) is 18.7 Å². The van der Waals surface area contributed by atoms with E-state index in [0.717, 1.165) is 26.2 Å². The molecule has 0 radical (unpaired) electrons. The number of nitrogens with zero attached hydrogens (tertiary/aromatic N) is 2. The number of rotatable bonds is 3. The number of nitrogen functional groups attached to an aromatic ring is 1. The predicted molar refractivity (Wildman–Crippen MR) is 73.5 cm³/mol. The van der Waals surface area contributed by atoms with Crippen molar-refractivity contribution in [2.24, 2.45) is 0 Å². The number of pyridine rings is 1. The van der Waals surface area contributed by atoms with Crippen LogP contribution >= 0.6 is 11.8 Å². The predicted octanol–water partition coefficient (Wildman–Crippen LogP) is 0.868. The van der Waals surface area contributed by atoms with E-state index in [1.54, 1.807) is 16.8 Å². The van der Waals surface area contributed by atoms with Crippen LogP contribution in [0.1, 0.15) is 6.92 Å². The second-order valence-electron chi connectivity index (χ2n) is 4.48. The van der Waals surface area contributed by atoms with Crippen molar-refractivity contribution >= 4 is 17.4 Å². The van der Waals surface area contributed by atoms with Gasteiger partial charge in [-0.3, -0.25) is 9.69 Å². The molecule has 2 rings (SSSR count). The summed E-state index contributed by atoms with van der Waals surface area (Å²) in [5.74, 6) is 1.19. The standard InChI is InChI=1S/C12H19N3OS/c1-10-8-14(6-7-17-10)4-5-15-9-11(13)2-3-12(15)16/h2-3,9-10H,4-8,13H2,1H3. The van der Waals surface area contributed by atoms with Crippen LogP contribution in [0.3, 0.4) is 0 Å². The van der Waals surface area contributed by atoms with Crippen LogP contribution in [0, 0.1) is 0 Å². The van der Waals surface area contributed by atoms with Crippen LogP contribution in [-0.2, 0) is 6.54 Å². The lowest BCUT2D eigenvalue weighted by Gasteiger charge is -2.30. The van der Waals surface area contributed by atoms with E-state index in [2.05, 4.69) is 11.8 Å². The van der Waals surface area contributed by atoms with Gasteiger partial charge in [0.2, 0.25) is 0 Å². The highest BCUT2D eigenvalue weighted by molar-refractivity contribution is 7.99. The molecule has 0 amide bonds. The average Bonchev–Trinajstić information content (AvgIpc) is 2.30. The Morgan fingerprint density at radius 3 is 3.06 bits per heavy atom. The van der Waals surface area contributed by atoms with E-state index in [1.165, 1.54) is 11.8 Å². The summed E-state index contributed by atoms with van der Waals surface area (Å²) in [6.45, 7) is 6.13. The summed E-state index contributed by atoms with van der Waals surface area (Å²) in [7, 11) is 0. The zero-order chi connectivity index (χ0) is 12.3. The topological polar surface area (TPSA) is 51.3 Å². The van der Waals surface area contributed by atoms with Gasteiger partial charge in [-0.15, -0.1) is 0 Å². The number of hydrogen-bond donors (Lipinski definition) is 1. The Morgan fingerprint density at radius 1 is 1.47 bits per heavy atom. The first-order valence-electron chi connectivity index (χ1n) is 5.95. The molecule has 1 aliphatic rings. The molecule has 1 unspecified atom stereocenters. The lowest BCUT2D eigenvalue weighted by molar-refractivity contribution is 0.273. The van der Waals surface area contributed by atoms with Crippen LogP contribution in [0.4, 0.5) is 5.69 Å². The van der Waals surface area contributed by atoms with Gasteiger partial charge in [0.05, 0.1) is 0 Å². The fraction of sp³-hybridized carbons (Fsp3) is 0.583. The Labute approximate surface area is 106 Å². The SMILES string of the molecule is CC1CN(CCn2cc(N)ccc2=O)CCS1. The molecule has 0 aromatic carbocycles. The number of thioether (sulfide) groups is 1. The van der Waals surface area contributed by atoms with Gasteiger partial charge in [0.15, 0.2) is 0 Å². The Kier molecular flexibility index (Phi) is 4.12. The van der Waals surface area contributed by atoms with Crippen molar-refractivity contribution in [1.82, 2.24) is 9.47 Å². The third-order valence-electron chi connectivity index (χ3n) is 2.99. The Bertz CT molecular complexity index is 432. The van der Waals surface area contributed by atoms with Crippen molar-refractivity contribution in [2.75, 3.05) is 31.1 Å². The van der Waals surface area contributed by atoms with Gasteiger partial charge in [0.25, 0.3) is 5.56 Å². The average molecular weight is 253 g/mol. The molecule has 5 heteroatoms. The first kappa shape index (κ1) is 12.5. The van der Waals surface area contributed by atoms with Crippen LogP contribution in [0.2, 0.25) is 0 Å². The normalized spacial score (nSPS) is 21.6. The molecule has 0 spiro atoms. The van der Waals surface area contributed by atoms with E-state index < -0.39 is 0 Å². The molecule has 2 heterocycles. The summed E-state index contributed by atoms with van der Waals surface area (Å²) in [6.07, 6.45) is 1.73. The second-order valence-corrected chi connectivity index (χ2v) is 6.02. The number of hydrogen-bond acceptors (Lipinski definition) is 4. The van der Waals surface area contributed by atoms with Gasteiger partial charge < -0.3 is 10.3 Å². The van der Waals surface area contributed by atoms with Gasteiger partial charge in [-0.25, -0.2) is 0 Å². The van der Waals surface area contributed by atoms with E-state index in [0.29, 0.717) is 10.9 Å². The molecule has 0 aliphatic carbocycles. The number of nitrogens with two attached hydrogens (primary N) is 1. The smallest absolute Gasteiger partial charge is 0.250 e. The third kappa shape index (κ3) is 3.51. The van der Waals surface area contributed by atoms with Crippen molar-refractivity contribution in [3.05, 3.63) is 28.7 Å². The third-order valence-corrected chi connectivity index (χ3v) is 4.13. The molecule has 2 N–H and O–H groups in total. The van der Waals surface area contributed by atoms with E-state index >= 15 is 0 Å². The summed E-state index contributed by atoms with van der Waals surface area (Å²) in [5, 5.41) is 0.696. The lowest BCUT2D eigenvalue weighted by Crippen LogP contribution is -2.39. The first-order valence-corrected chi connectivity index (χ1v) is 7.00. The van der Waals surface area contributed by atoms with E-state index in [4.69, 9.17) is 5.73 Å². The summed E-state index contributed by atoms with van der Waals surface area (Å²) in [5.41, 5.74) is 6.35. The highest BCUT2D eigenvalue weighted by Gasteiger charge is 2.16. The number of anilines is 1. The van der Waals surface area contributed by atoms with E-state index in [-0.39, 0.29) is 5.56 Å². The minimum absolute atomic E-state index is 0.0265. The van der Waals surface area contributed by atoms with E-state index in [9.17, 15) is 4.79 Å². The summed E-state index contributed by atoms with van der Waals surface area (Å²) >= 11 is 2.02. The van der Waals surface area contributed by atoms with Gasteiger partial charge in [-0.05, 0) is 6.07 Å². The van der Waals surface area contributed by atoms with Gasteiger partial charge in [0.1, 0.15) is 0 Å². The summed E-state index contributed by atoms with van der Waals surface area (Å²) < 4.78 is 1.70. The molecule has 1 aromatic heterocycles. The van der Waals surface area contributed by atoms with Crippen LogP contribution < -0.4 is 11.3 Å². The number of aromatic nitrogens is 1. The molecule has 0 saturated carbocycles. The van der Waals surface area contributed by atoms with Crippen molar-refractivity contribution in [3.8, 4) is 0 Å².